The molecule has 5 heteroatoms. The molecule has 0 amide bonds. The summed E-state index contributed by atoms with van der Waals surface area (Å²) in [6, 6.07) is 7.07. The Bertz CT molecular complexity index is 509. The molecule has 1 unspecified atom stereocenters. The fourth-order valence-electron chi connectivity index (χ4n) is 2.22. The number of sulfonamides is 1. The third-order valence-electron chi connectivity index (χ3n) is 3.55. The second-order valence-corrected chi connectivity index (χ2v) is 7.65. The van der Waals surface area contributed by atoms with E-state index in [-0.39, 0.29) is 12.5 Å². The molecule has 0 saturated heterocycles. The van der Waals surface area contributed by atoms with Crippen molar-refractivity contribution in [3.63, 3.8) is 0 Å². The molecule has 0 spiro atoms. The van der Waals surface area contributed by atoms with Crippen LogP contribution in [-0.2, 0) is 16.4 Å². The van der Waals surface area contributed by atoms with E-state index in [1.807, 2.05) is 19.1 Å². The average Bonchev–Trinajstić information content (AvgIpc) is 2.43. The lowest BCUT2D eigenvalue weighted by Crippen LogP contribution is -2.29. The quantitative estimate of drug-likeness (QED) is 0.736. The summed E-state index contributed by atoms with van der Waals surface area (Å²) in [5.41, 5.74) is 1.15. The SMILES string of the molecule is CCC(CCO)CNS(=O)(=O)c1ccc(CC(C)C)cc1. The lowest BCUT2D eigenvalue weighted by atomic mass is 10.0. The van der Waals surface area contributed by atoms with Crippen LogP contribution in [0, 0.1) is 11.8 Å². The highest BCUT2D eigenvalue weighted by atomic mass is 32.2. The molecule has 2 N–H and O–H groups in total. The van der Waals surface area contributed by atoms with E-state index in [0.717, 1.165) is 18.4 Å². The number of hydrogen-bond donors (Lipinski definition) is 2. The number of nitrogens with one attached hydrogen (secondary N) is 1. The molecule has 1 aromatic carbocycles. The van der Waals surface area contributed by atoms with E-state index in [2.05, 4.69) is 18.6 Å². The van der Waals surface area contributed by atoms with Gasteiger partial charge < -0.3 is 5.11 Å². The van der Waals surface area contributed by atoms with E-state index in [1.54, 1.807) is 12.1 Å². The van der Waals surface area contributed by atoms with Crippen LogP contribution < -0.4 is 4.72 Å². The van der Waals surface area contributed by atoms with E-state index < -0.39 is 10.0 Å². The van der Waals surface area contributed by atoms with Crippen LogP contribution in [-0.4, -0.2) is 26.7 Å². The fourth-order valence-corrected chi connectivity index (χ4v) is 3.34. The molecule has 0 aliphatic rings. The molecule has 21 heavy (non-hydrogen) atoms. The lowest BCUT2D eigenvalue weighted by molar-refractivity contribution is 0.254. The normalized spacial score (nSPS) is 13.6. The van der Waals surface area contributed by atoms with Crippen molar-refractivity contribution < 1.29 is 13.5 Å². The first-order valence-electron chi connectivity index (χ1n) is 7.58. The van der Waals surface area contributed by atoms with Gasteiger partial charge in [-0.2, -0.15) is 0 Å². The first-order chi connectivity index (χ1) is 9.89. The Kier molecular flexibility index (Phi) is 7.35. The highest BCUT2D eigenvalue weighted by Gasteiger charge is 2.16. The number of aliphatic hydroxyl groups excluding tert-OH is 1. The molecule has 0 aliphatic carbocycles. The van der Waals surface area contributed by atoms with Gasteiger partial charge in [0.2, 0.25) is 10.0 Å². The molecule has 0 aromatic heterocycles. The van der Waals surface area contributed by atoms with E-state index in [9.17, 15) is 8.42 Å². The van der Waals surface area contributed by atoms with Crippen LogP contribution in [0.1, 0.15) is 39.2 Å². The van der Waals surface area contributed by atoms with Crippen molar-refractivity contribution >= 4 is 10.0 Å². The zero-order valence-electron chi connectivity index (χ0n) is 13.2. The standard InChI is InChI=1S/C16H27NO3S/c1-4-14(9-10-18)12-17-21(19,20)16-7-5-15(6-8-16)11-13(2)3/h5-8,13-14,17-18H,4,9-12H2,1-3H3. The van der Waals surface area contributed by atoms with Crippen LogP contribution in [0.25, 0.3) is 0 Å². The predicted molar refractivity (Wildman–Crippen MR) is 85.7 cm³/mol. The van der Waals surface area contributed by atoms with Gasteiger partial charge in [0.05, 0.1) is 4.90 Å². The highest BCUT2D eigenvalue weighted by Crippen LogP contribution is 2.14. The predicted octanol–water partition coefficient (Wildman–Crippen LogP) is 2.57. The van der Waals surface area contributed by atoms with E-state index >= 15 is 0 Å². The van der Waals surface area contributed by atoms with E-state index in [0.29, 0.717) is 23.8 Å². The summed E-state index contributed by atoms with van der Waals surface area (Å²) in [6.07, 6.45) is 2.41. The molecule has 4 nitrogen and oxygen atoms in total. The Hall–Kier alpha value is -0.910. The van der Waals surface area contributed by atoms with Crippen LogP contribution in [0.15, 0.2) is 29.2 Å². The van der Waals surface area contributed by atoms with Gasteiger partial charge in [0.1, 0.15) is 0 Å². The van der Waals surface area contributed by atoms with Gasteiger partial charge in [-0.15, -0.1) is 0 Å². The van der Waals surface area contributed by atoms with Crippen molar-refractivity contribution in [2.45, 2.75) is 44.9 Å². The topological polar surface area (TPSA) is 66.4 Å². The van der Waals surface area contributed by atoms with Gasteiger partial charge in [0.25, 0.3) is 0 Å². The molecule has 1 rings (SSSR count). The smallest absolute Gasteiger partial charge is 0.240 e. The van der Waals surface area contributed by atoms with Crippen molar-refractivity contribution in [3.8, 4) is 0 Å². The first-order valence-corrected chi connectivity index (χ1v) is 9.06. The van der Waals surface area contributed by atoms with Crippen LogP contribution in [0.3, 0.4) is 0 Å². The molecule has 0 radical (unpaired) electrons. The molecular weight excluding hydrogens is 286 g/mol. The van der Waals surface area contributed by atoms with Gasteiger partial charge >= 0.3 is 0 Å². The van der Waals surface area contributed by atoms with Gasteiger partial charge in [-0.05, 0) is 42.4 Å². The summed E-state index contributed by atoms with van der Waals surface area (Å²) in [4.78, 5) is 0.300. The summed E-state index contributed by atoms with van der Waals surface area (Å²) >= 11 is 0. The molecule has 0 fully saturated rings. The highest BCUT2D eigenvalue weighted by molar-refractivity contribution is 7.89. The van der Waals surface area contributed by atoms with Gasteiger partial charge in [-0.1, -0.05) is 39.3 Å². The van der Waals surface area contributed by atoms with Gasteiger partial charge in [-0.25, -0.2) is 13.1 Å². The Morgan fingerprint density at radius 2 is 1.81 bits per heavy atom. The Morgan fingerprint density at radius 1 is 1.19 bits per heavy atom. The number of aliphatic hydroxyl groups is 1. The number of benzene rings is 1. The van der Waals surface area contributed by atoms with Crippen molar-refractivity contribution in [1.29, 1.82) is 0 Å². The molecule has 0 bridgehead atoms. The molecule has 1 aromatic rings. The largest absolute Gasteiger partial charge is 0.396 e. The summed E-state index contributed by atoms with van der Waals surface area (Å²) in [5, 5.41) is 8.94. The molecule has 0 aliphatic heterocycles. The van der Waals surface area contributed by atoms with Crippen LogP contribution >= 0.6 is 0 Å². The second-order valence-electron chi connectivity index (χ2n) is 5.88. The molecule has 0 saturated carbocycles. The second kappa shape index (κ2) is 8.51. The Balaban J connectivity index is 2.69. The van der Waals surface area contributed by atoms with Gasteiger partial charge in [-0.3, -0.25) is 0 Å². The van der Waals surface area contributed by atoms with Gasteiger partial charge in [0, 0.05) is 13.2 Å². The van der Waals surface area contributed by atoms with Crippen LogP contribution in [0.4, 0.5) is 0 Å². The minimum atomic E-state index is -3.46. The van der Waals surface area contributed by atoms with Gasteiger partial charge in [0.15, 0.2) is 0 Å². The molecule has 120 valence electrons. The zero-order valence-corrected chi connectivity index (χ0v) is 14.0. The Labute approximate surface area is 128 Å². The summed E-state index contributed by atoms with van der Waals surface area (Å²) < 4.78 is 27.1. The monoisotopic (exact) mass is 313 g/mol. The molecule has 0 heterocycles. The maximum atomic E-state index is 12.2. The van der Waals surface area contributed by atoms with E-state index in [4.69, 9.17) is 5.11 Å². The minimum Gasteiger partial charge on any atom is -0.396 e. The third kappa shape index (κ3) is 6.16. The maximum Gasteiger partial charge on any atom is 0.240 e. The van der Waals surface area contributed by atoms with Crippen LogP contribution in [0.2, 0.25) is 0 Å². The van der Waals surface area contributed by atoms with E-state index in [1.165, 1.54) is 0 Å². The van der Waals surface area contributed by atoms with Crippen LogP contribution in [0.5, 0.6) is 0 Å². The third-order valence-corrected chi connectivity index (χ3v) is 4.99. The van der Waals surface area contributed by atoms with Crippen molar-refractivity contribution in [1.82, 2.24) is 4.72 Å². The summed E-state index contributed by atoms with van der Waals surface area (Å²) in [5.74, 6) is 0.722. The van der Waals surface area contributed by atoms with Crippen molar-refractivity contribution in [2.75, 3.05) is 13.2 Å². The number of hydrogen-bond acceptors (Lipinski definition) is 3. The fraction of sp³-hybridized carbons (Fsp3) is 0.625. The average molecular weight is 313 g/mol. The Morgan fingerprint density at radius 3 is 2.29 bits per heavy atom. The maximum absolute atomic E-state index is 12.2. The number of rotatable bonds is 9. The van der Waals surface area contributed by atoms with Crippen molar-refractivity contribution in [2.24, 2.45) is 11.8 Å². The van der Waals surface area contributed by atoms with Crippen molar-refractivity contribution in [3.05, 3.63) is 29.8 Å². The summed E-state index contributed by atoms with van der Waals surface area (Å²) in [7, 11) is -3.46. The lowest BCUT2D eigenvalue weighted by Gasteiger charge is -2.15. The minimum absolute atomic E-state index is 0.0874. The molecular formula is C16H27NO3S. The summed E-state index contributed by atoms with van der Waals surface area (Å²) in [6.45, 7) is 6.73. The zero-order chi connectivity index (χ0) is 15.9. The first kappa shape index (κ1) is 18.1. The molecule has 1 atom stereocenters.